The number of carbonyl (C=O) groups is 2. The fraction of sp³-hybridized carbons (Fsp3) is 0.391. The Morgan fingerprint density at radius 1 is 1.21 bits per heavy atom. The van der Waals surface area contributed by atoms with E-state index >= 15 is 0 Å². The van der Waals surface area contributed by atoms with Crippen LogP contribution in [0.3, 0.4) is 0 Å². The third-order valence-corrected chi connectivity index (χ3v) is 7.46. The molecular weight excluding hydrogens is 479 g/mol. The first-order valence-electron chi connectivity index (χ1n) is 10.4. The summed E-state index contributed by atoms with van der Waals surface area (Å²) >= 11 is 7.92. The molecule has 33 heavy (non-hydrogen) atoms. The molecule has 0 radical (unpaired) electrons. The second kappa shape index (κ2) is 11.2. The second-order valence-corrected chi connectivity index (χ2v) is 9.81. The number of carbonyl (C=O) groups excluding carboxylic acids is 1. The molecule has 0 bridgehead atoms. The van der Waals surface area contributed by atoms with Crippen LogP contribution in [0.1, 0.15) is 43.0 Å². The number of thioether (sulfide) groups is 1. The molecule has 2 N–H and O–H groups in total. The van der Waals surface area contributed by atoms with Gasteiger partial charge in [0.05, 0.1) is 11.6 Å². The molecule has 5 nitrogen and oxygen atoms in total. The first-order chi connectivity index (χ1) is 15.6. The number of hydrogen-bond acceptors (Lipinski definition) is 4. The molecule has 1 amide bonds. The minimum Gasteiger partial charge on any atom is -0.450 e. The number of halogens is 4. The highest BCUT2D eigenvalue weighted by Crippen LogP contribution is 2.44. The highest BCUT2D eigenvalue weighted by atomic mass is 35.5. The van der Waals surface area contributed by atoms with Gasteiger partial charge < -0.3 is 15.2 Å². The normalized spacial score (nSPS) is 18.7. The van der Waals surface area contributed by atoms with E-state index in [1.54, 1.807) is 23.9 Å². The van der Waals surface area contributed by atoms with Crippen LogP contribution in [0.4, 0.5) is 23.7 Å². The molecule has 178 valence electrons. The summed E-state index contributed by atoms with van der Waals surface area (Å²) in [5, 5.41) is 11.8. The summed E-state index contributed by atoms with van der Waals surface area (Å²) in [6.45, 7) is 2.09. The molecule has 1 aliphatic rings. The van der Waals surface area contributed by atoms with Gasteiger partial charge in [0.25, 0.3) is 5.91 Å². The Bertz CT molecular complexity index is 1020. The maximum Gasteiger partial charge on any atom is 0.505 e. The highest BCUT2D eigenvalue weighted by Gasteiger charge is 2.30. The van der Waals surface area contributed by atoms with E-state index < -0.39 is 29.5 Å². The van der Waals surface area contributed by atoms with Gasteiger partial charge in [-0.2, -0.15) is 0 Å². The lowest BCUT2D eigenvalue weighted by molar-refractivity contribution is 0.0756. The van der Waals surface area contributed by atoms with E-state index in [4.69, 9.17) is 16.7 Å². The van der Waals surface area contributed by atoms with Gasteiger partial charge >= 0.3 is 6.16 Å². The Labute approximate surface area is 198 Å². The fourth-order valence-corrected chi connectivity index (χ4v) is 5.63. The number of nitrogens with one attached hydrogen (secondary N) is 1. The number of anilines is 1. The van der Waals surface area contributed by atoms with Gasteiger partial charge in [-0.3, -0.25) is 4.79 Å². The topological polar surface area (TPSA) is 75.6 Å². The third-order valence-electron chi connectivity index (χ3n) is 5.50. The molecule has 0 aliphatic heterocycles. The molecule has 3 atom stereocenters. The number of hydrogen-bond donors (Lipinski definition) is 2. The van der Waals surface area contributed by atoms with Crippen LogP contribution in [0, 0.1) is 29.3 Å². The number of rotatable bonds is 8. The summed E-state index contributed by atoms with van der Waals surface area (Å²) in [6, 6.07) is 6.11. The summed E-state index contributed by atoms with van der Waals surface area (Å²) in [4.78, 5) is 23.9. The van der Waals surface area contributed by atoms with Gasteiger partial charge in [0.1, 0.15) is 0 Å². The van der Waals surface area contributed by atoms with Gasteiger partial charge in [-0.05, 0) is 49.3 Å². The summed E-state index contributed by atoms with van der Waals surface area (Å²) in [5.74, 6) is -4.58. The third kappa shape index (κ3) is 6.80. The molecule has 2 aromatic rings. The summed E-state index contributed by atoms with van der Waals surface area (Å²) in [6.07, 6.45) is 2.53. The van der Waals surface area contributed by atoms with Crippen LogP contribution in [0.2, 0.25) is 5.02 Å². The Balaban J connectivity index is 1.68. The van der Waals surface area contributed by atoms with Crippen molar-refractivity contribution in [1.29, 1.82) is 0 Å². The maximum absolute atomic E-state index is 13.4. The van der Waals surface area contributed by atoms with E-state index in [2.05, 4.69) is 10.1 Å². The molecule has 0 spiro atoms. The van der Waals surface area contributed by atoms with E-state index in [-0.39, 0.29) is 29.0 Å². The van der Waals surface area contributed by atoms with Gasteiger partial charge in [0.15, 0.2) is 17.5 Å². The zero-order valence-electron chi connectivity index (χ0n) is 17.7. The molecule has 3 rings (SSSR count). The second-order valence-electron chi connectivity index (χ2n) is 8.12. The van der Waals surface area contributed by atoms with Crippen LogP contribution >= 0.6 is 23.4 Å². The van der Waals surface area contributed by atoms with Crippen LogP contribution in [0.5, 0.6) is 0 Å². The lowest BCUT2D eigenvalue weighted by Gasteiger charge is -2.23. The lowest BCUT2D eigenvalue weighted by Crippen LogP contribution is -2.18. The predicted molar refractivity (Wildman–Crippen MR) is 120 cm³/mol. The quantitative estimate of drug-likeness (QED) is 0.301. The number of carboxylic acid groups (broad SMARTS) is 1. The molecular formula is C23H23ClF3NO4S. The van der Waals surface area contributed by atoms with Gasteiger partial charge in [0, 0.05) is 33.5 Å². The Kier molecular flexibility index (Phi) is 8.53. The predicted octanol–water partition coefficient (Wildman–Crippen LogP) is 6.99. The van der Waals surface area contributed by atoms with Crippen molar-refractivity contribution in [3.63, 3.8) is 0 Å². The van der Waals surface area contributed by atoms with E-state index in [0.717, 1.165) is 25.7 Å². The van der Waals surface area contributed by atoms with Gasteiger partial charge in [-0.1, -0.05) is 24.9 Å². The van der Waals surface area contributed by atoms with Gasteiger partial charge in [0.2, 0.25) is 0 Å². The van der Waals surface area contributed by atoms with Crippen molar-refractivity contribution >= 4 is 41.1 Å². The minimum absolute atomic E-state index is 0.0800. The molecule has 3 unspecified atom stereocenters. The van der Waals surface area contributed by atoms with Crippen LogP contribution in [0.25, 0.3) is 0 Å². The van der Waals surface area contributed by atoms with Crippen LogP contribution in [0.15, 0.2) is 35.2 Å². The Morgan fingerprint density at radius 2 is 1.91 bits per heavy atom. The Morgan fingerprint density at radius 3 is 2.58 bits per heavy atom. The average molecular weight is 502 g/mol. The smallest absolute Gasteiger partial charge is 0.450 e. The van der Waals surface area contributed by atoms with Crippen LogP contribution in [-0.4, -0.2) is 29.0 Å². The minimum atomic E-state index is -1.60. The van der Waals surface area contributed by atoms with Crippen molar-refractivity contribution in [2.24, 2.45) is 11.8 Å². The molecule has 0 heterocycles. The van der Waals surface area contributed by atoms with Crippen molar-refractivity contribution in [3.05, 3.63) is 58.4 Å². The molecule has 1 saturated carbocycles. The van der Waals surface area contributed by atoms with E-state index in [9.17, 15) is 22.8 Å². The molecule has 2 aromatic carbocycles. The molecule has 0 aromatic heterocycles. The number of benzene rings is 2. The number of ether oxygens (including phenoxy) is 1. The SMILES string of the molecule is CC(COC(=O)O)CC1CCCC1Sc1cc(C(=O)Nc2cc(F)c(F)c(F)c2)ccc1Cl. The van der Waals surface area contributed by atoms with E-state index in [1.807, 2.05) is 6.92 Å². The zero-order valence-corrected chi connectivity index (χ0v) is 19.3. The van der Waals surface area contributed by atoms with Crippen molar-refractivity contribution in [2.45, 2.75) is 42.8 Å². The first-order valence-corrected chi connectivity index (χ1v) is 11.7. The van der Waals surface area contributed by atoms with Crippen molar-refractivity contribution in [1.82, 2.24) is 0 Å². The summed E-state index contributed by atoms with van der Waals surface area (Å²) < 4.78 is 44.7. The lowest BCUT2D eigenvalue weighted by atomic mass is 9.95. The van der Waals surface area contributed by atoms with Crippen LogP contribution in [-0.2, 0) is 4.74 Å². The first kappa shape index (κ1) is 25.2. The molecule has 0 saturated heterocycles. The van der Waals surface area contributed by atoms with Crippen molar-refractivity contribution in [3.8, 4) is 0 Å². The largest absolute Gasteiger partial charge is 0.505 e. The molecule has 1 aliphatic carbocycles. The standard InChI is InChI=1S/C23H23ClF3NO4S/c1-12(11-32-23(30)31)7-13-3-2-4-19(13)33-20-8-14(5-6-16(20)24)22(29)28-15-9-17(25)21(27)18(26)10-15/h5-6,8-10,12-13,19H,2-4,7,11H2,1H3,(H,28,29)(H,30,31). The van der Waals surface area contributed by atoms with E-state index in [0.29, 0.717) is 28.0 Å². The molecule has 10 heteroatoms. The average Bonchev–Trinajstić information content (AvgIpc) is 3.18. The summed E-state index contributed by atoms with van der Waals surface area (Å²) in [5.41, 5.74) is 0.0405. The Hall–Kier alpha value is -2.39. The number of amides is 1. The van der Waals surface area contributed by atoms with Crippen molar-refractivity contribution < 1.29 is 32.6 Å². The fourth-order valence-electron chi connectivity index (χ4n) is 3.95. The highest BCUT2D eigenvalue weighted by molar-refractivity contribution is 8.00. The van der Waals surface area contributed by atoms with Crippen LogP contribution < -0.4 is 5.32 Å². The van der Waals surface area contributed by atoms with Crippen molar-refractivity contribution in [2.75, 3.05) is 11.9 Å². The maximum atomic E-state index is 13.4. The van der Waals surface area contributed by atoms with Gasteiger partial charge in [-0.25, -0.2) is 18.0 Å². The molecule has 1 fully saturated rings. The van der Waals surface area contributed by atoms with E-state index in [1.165, 1.54) is 6.07 Å². The summed E-state index contributed by atoms with van der Waals surface area (Å²) in [7, 11) is 0. The monoisotopic (exact) mass is 501 g/mol. The van der Waals surface area contributed by atoms with Gasteiger partial charge in [-0.15, -0.1) is 11.8 Å². The zero-order chi connectivity index (χ0) is 24.1.